The number of piperidine rings is 1. The van der Waals surface area contributed by atoms with Gasteiger partial charge in [0.05, 0.1) is 6.42 Å². The van der Waals surface area contributed by atoms with E-state index < -0.39 is 5.97 Å². The maximum atomic E-state index is 13.2. The molecule has 1 aromatic rings. The third kappa shape index (κ3) is 3.08. The smallest absolute Gasteiger partial charge is 0.304 e. The molecule has 0 amide bonds. The Morgan fingerprint density at radius 2 is 2.14 bits per heavy atom. The van der Waals surface area contributed by atoms with Gasteiger partial charge in [0, 0.05) is 38.0 Å². The summed E-state index contributed by atoms with van der Waals surface area (Å²) in [6.45, 7) is 2.21. The number of carbonyl (C=O) groups is 1. The molecule has 2 heterocycles. The molecule has 0 unspecified atom stereocenters. The summed E-state index contributed by atoms with van der Waals surface area (Å²) in [6, 6.07) is 4.56. The Morgan fingerprint density at radius 1 is 1.38 bits per heavy atom. The summed E-state index contributed by atoms with van der Waals surface area (Å²) in [5.41, 5.74) is 0.443. The van der Waals surface area contributed by atoms with Crippen molar-refractivity contribution in [2.45, 2.75) is 24.9 Å². The number of benzene rings is 1. The van der Waals surface area contributed by atoms with Gasteiger partial charge in [-0.2, -0.15) is 0 Å². The Labute approximate surface area is 122 Å². The third-order valence-electron chi connectivity index (χ3n) is 4.20. The summed E-state index contributed by atoms with van der Waals surface area (Å²) in [6.07, 6.45) is 5.75. The molecular formula is C16H18FNO3. The molecule has 1 N–H and O–H groups in total. The van der Waals surface area contributed by atoms with Crippen LogP contribution in [0.3, 0.4) is 0 Å². The summed E-state index contributed by atoms with van der Waals surface area (Å²) >= 11 is 0. The van der Waals surface area contributed by atoms with Gasteiger partial charge in [0.2, 0.25) is 0 Å². The fraction of sp³-hybridized carbons (Fsp3) is 0.438. The maximum absolute atomic E-state index is 13.2. The van der Waals surface area contributed by atoms with Gasteiger partial charge in [-0.15, -0.1) is 0 Å². The average molecular weight is 291 g/mol. The van der Waals surface area contributed by atoms with E-state index >= 15 is 0 Å². The number of carboxylic acids is 1. The molecule has 1 aromatic carbocycles. The lowest BCUT2D eigenvalue weighted by Gasteiger charge is -2.41. The molecule has 0 bridgehead atoms. The lowest BCUT2D eigenvalue weighted by Crippen LogP contribution is -2.48. The standard InChI is InChI=1S/C16H18FNO3/c17-13-1-2-14-12(11-13)3-5-16(21-14)6-9-18(10-7-16)8-4-15(19)20/h1-3,5,11H,4,6-10H2,(H,19,20). The topological polar surface area (TPSA) is 49.8 Å². The van der Waals surface area contributed by atoms with Gasteiger partial charge < -0.3 is 14.7 Å². The number of aliphatic carboxylic acids is 1. The van der Waals surface area contributed by atoms with Crippen molar-refractivity contribution < 1.29 is 19.0 Å². The molecule has 0 radical (unpaired) electrons. The molecule has 21 heavy (non-hydrogen) atoms. The van der Waals surface area contributed by atoms with Gasteiger partial charge in [0.15, 0.2) is 0 Å². The number of ether oxygens (including phenoxy) is 1. The van der Waals surface area contributed by atoms with Crippen LogP contribution in [0.4, 0.5) is 4.39 Å². The first-order chi connectivity index (χ1) is 10.1. The van der Waals surface area contributed by atoms with Crippen molar-refractivity contribution in [2.24, 2.45) is 0 Å². The van der Waals surface area contributed by atoms with E-state index in [4.69, 9.17) is 9.84 Å². The van der Waals surface area contributed by atoms with E-state index in [2.05, 4.69) is 4.90 Å². The SMILES string of the molecule is O=C(O)CCN1CCC2(C=Cc3cc(F)ccc3O2)CC1. The number of rotatable bonds is 3. The monoisotopic (exact) mass is 291 g/mol. The van der Waals surface area contributed by atoms with Crippen LogP contribution in [0.2, 0.25) is 0 Å². The molecule has 112 valence electrons. The molecule has 1 saturated heterocycles. The number of hydrogen-bond acceptors (Lipinski definition) is 3. The zero-order valence-electron chi connectivity index (χ0n) is 11.7. The number of halogens is 1. The van der Waals surface area contributed by atoms with Crippen LogP contribution in [0.5, 0.6) is 5.75 Å². The number of hydrogen-bond donors (Lipinski definition) is 1. The Hall–Kier alpha value is -1.88. The molecule has 0 saturated carbocycles. The summed E-state index contributed by atoms with van der Waals surface area (Å²) in [4.78, 5) is 12.8. The van der Waals surface area contributed by atoms with E-state index in [1.165, 1.54) is 12.1 Å². The molecule has 2 aliphatic heterocycles. The van der Waals surface area contributed by atoms with Gasteiger partial charge in [-0.05, 0) is 24.3 Å². The van der Waals surface area contributed by atoms with Crippen LogP contribution in [-0.2, 0) is 4.79 Å². The van der Waals surface area contributed by atoms with Crippen molar-refractivity contribution in [3.63, 3.8) is 0 Å². The second-order valence-electron chi connectivity index (χ2n) is 5.67. The molecule has 3 rings (SSSR count). The van der Waals surface area contributed by atoms with Crippen molar-refractivity contribution in [1.29, 1.82) is 0 Å². The first kappa shape index (κ1) is 14.1. The highest BCUT2D eigenvalue weighted by Gasteiger charge is 2.36. The van der Waals surface area contributed by atoms with Crippen molar-refractivity contribution in [3.05, 3.63) is 35.7 Å². The Bertz CT molecular complexity index is 577. The molecule has 0 aromatic heterocycles. The Balaban J connectivity index is 1.64. The predicted molar refractivity (Wildman–Crippen MR) is 76.7 cm³/mol. The minimum absolute atomic E-state index is 0.172. The van der Waals surface area contributed by atoms with E-state index in [9.17, 15) is 9.18 Å². The van der Waals surface area contributed by atoms with Gasteiger partial charge in [0.25, 0.3) is 0 Å². The largest absolute Gasteiger partial charge is 0.482 e. The molecule has 0 atom stereocenters. The van der Waals surface area contributed by atoms with Crippen LogP contribution >= 0.6 is 0 Å². The first-order valence-corrected chi connectivity index (χ1v) is 7.18. The Morgan fingerprint density at radius 3 is 2.86 bits per heavy atom. The van der Waals surface area contributed by atoms with Crippen LogP contribution in [0.25, 0.3) is 6.08 Å². The third-order valence-corrected chi connectivity index (χ3v) is 4.20. The van der Waals surface area contributed by atoms with Crippen molar-refractivity contribution in [2.75, 3.05) is 19.6 Å². The minimum atomic E-state index is -0.764. The van der Waals surface area contributed by atoms with Crippen LogP contribution in [0, 0.1) is 5.82 Å². The number of likely N-dealkylation sites (tertiary alicyclic amines) is 1. The normalized spacial score (nSPS) is 20.0. The highest BCUT2D eigenvalue weighted by molar-refractivity contribution is 5.66. The highest BCUT2D eigenvalue weighted by Crippen LogP contribution is 2.37. The quantitative estimate of drug-likeness (QED) is 0.930. The van der Waals surface area contributed by atoms with Gasteiger partial charge in [-0.1, -0.05) is 6.08 Å². The van der Waals surface area contributed by atoms with Gasteiger partial charge >= 0.3 is 5.97 Å². The van der Waals surface area contributed by atoms with Crippen LogP contribution < -0.4 is 4.74 Å². The van der Waals surface area contributed by atoms with E-state index in [0.717, 1.165) is 37.2 Å². The summed E-state index contributed by atoms with van der Waals surface area (Å²) in [5, 5.41) is 8.72. The van der Waals surface area contributed by atoms with E-state index in [0.29, 0.717) is 6.54 Å². The molecular weight excluding hydrogens is 273 g/mol. The van der Waals surface area contributed by atoms with Gasteiger partial charge in [-0.25, -0.2) is 4.39 Å². The van der Waals surface area contributed by atoms with Crippen molar-refractivity contribution in [3.8, 4) is 5.75 Å². The zero-order chi connectivity index (χ0) is 14.9. The van der Waals surface area contributed by atoms with Crippen molar-refractivity contribution in [1.82, 2.24) is 4.90 Å². The molecule has 2 aliphatic rings. The second kappa shape index (κ2) is 5.48. The van der Waals surface area contributed by atoms with E-state index in [-0.39, 0.29) is 17.8 Å². The van der Waals surface area contributed by atoms with Crippen LogP contribution in [-0.4, -0.2) is 41.2 Å². The van der Waals surface area contributed by atoms with E-state index in [1.807, 2.05) is 12.2 Å². The van der Waals surface area contributed by atoms with Crippen molar-refractivity contribution >= 4 is 12.0 Å². The first-order valence-electron chi connectivity index (χ1n) is 7.18. The highest BCUT2D eigenvalue weighted by atomic mass is 19.1. The Kier molecular flexibility index (Phi) is 3.68. The summed E-state index contributed by atoms with van der Waals surface area (Å²) in [5.74, 6) is -0.306. The number of nitrogens with zero attached hydrogens (tertiary/aromatic N) is 1. The van der Waals surface area contributed by atoms with Gasteiger partial charge in [-0.3, -0.25) is 4.79 Å². The van der Waals surface area contributed by atoms with Gasteiger partial charge in [0.1, 0.15) is 17.2 Å². The lowest BCUT2D eigenvalue weighted by atomic mass is 9.88. The average Bonchev–Trinajstić information content (AvgIpc) is 2.47. The van der Waals surface area contributed by atoms with Crippen LogP contribution in [0.1, 0.15) is 24.8 Å². The number of fused-ring (bicyclic) bond motifs is 1. The summed E-state index contributed by atoms with van der Waals surface area (Å²) in [7, 11) is 0. The molecule has 1 fully saturated rings. The summed E-state index contributed by atoms with van der Waals surface area (Å²) < 4.78 is 19.3. The fourth-order valence-corrected chi connectivity index (χ4v) is 2.91. The zero-order valence-corrected chi connectivity index (χ0v) is 11.7. The lowest BCUT2D eigenvalue weighted by molar-refractivity contribution is -0.137. The molecule has 0 aliphatic carbocycles. The maximum Gasteiger partial charge on any atom is 0.304 e. The van der Waals surface area contributed by atoms with Crippen LogP contribution in [0.15, 0.2) is 24.3 Å². The van der Waals surface area contributed by atoms with E-state index in [1.54, 1.807) is 6.07 Å². The predicted octanol–water partition coefficient (Wildman–Crippen LogP) is 2.54. The molecule has 5 heteroatoms. The second-order valence-corrected chi connectivity index (χ2v) is 5.67. The number of carboxylic acid groups (broad SMARTS) is 1. The molecule has 4 nitrogen and oxygen atoms in total. The fourth-order valence-electron chi connectivity index (χ4n) is 2.91. The molecule has 1 spiro atoms. The minimum Gasteiger partial charge on any atom is -0.482 e.